The quantitative estimate of drug-likeness (QED) is 0.671. The van der Waals surface area contributed by atoms with E-state index in [4.69, 9.17) is 4.74 Å². The largest absolute Gasteiger partial charge is 0.444 e. The van der Waals surface area contributed by atoms with Gasteiger partial charge in [0.05, 0.1) is 10.9 Å². The van der Waals surface area contributed by atoms with E-state index >= 15 is 0 Å². The highest BCUT2D eigenvalue weighted by Gasteiger charge is 2.20. The summed E-state index contributed by atoms with van der Waals surface area (Å²) >= 11 is 4.63. The summed E-state index contributed by atoms with van der Waals surface area (Å²) in [5.74, 6) is -0.599. The fourth-order valence-corrected chi connectivity index (χ4v) is 3.66. The van der Waals surface area contributed by atoms with E-state index in [1.165, 1.54) is 23.5 Å². The molecule has 0 spiro atoms. The van der Waals surface area contributed by atoms with E-state index in [2.05, 4.69) is 26.6 Å². The van der Waals surface area contributed by atoms with Gasteiger partial charge in [0, 0.05) is 16.4 Å². The van der Waals surface area contributed by atoms with Crippen LogP contribution in [0.4, 0.5) is 9.18 Å². The normalized spacial score (nSPS) is 12.3. The molecule has 2 N–H and O–H groups in total. The van der Waals surface area contributed by atoms with Gasteiger partial charge in [0.1, 0.15) is 11.4 Å². The molecule has 1 aromatic carbocycles. The molecule has 0 radical (unpaired) electrons. The zero-order valence-corrected chi connectivity index (χ0v) is 17.7. The molecular weight excluding hydrogens is 435 g/mol. The van der Waals surface area contributed by atoms with E-state index in [-0.39, 0.29) is 18.3 Å². The summed E-state index contributed by atoms with van der Waals surface area (Å²) < 4.78 is 19.5. The number of benzene rings is 1. The van der Waals surface area contributed by atoms with Gasteiger partial charge in [-0.3, -0.25) is 4.79 Å². The first kappa shape index (κ1) is 21.4. The zero-order chi connectivity index (χ0) is 20.0. The Bertz CT molecular complexity index is 804. The van der Waals surface area contributed by atoms with Crippen molar-refractivity contribution in [2.45, 2.75) is 38.8 Å². The maximum Gasteiger partial charge on any atom is 0.407 e. The molecule has 8 heteroatoms. The first-order chi connectivity index (χ1) is 12.6. The van der Waals surface area contributed by atoms with Gasteiger partial charge in [-0.1, -0.05) is 12.1 Å². The number of amides is 2. The summed E-state index contributed by atoms with van der Waals surface area (Å²) in [6.45, 7) is 5.47. The zero-order valence-electron chi connectivity index (χ0n) is 15.3. The maximum absolute atomic E-state index is 13.5. The number of thiophene rings is 1. The number of rotatable bonds is 6. The van der Waals surface area contributed by atoms with Gasteiger partial charge in [-0.2, -0.15) is 0 Å². The highest BCUT2D eigenvalue weighted by atomic mass is 79.9. The number of halogens is 2. The second-order valence-electron chi connectivity index (χ2n) is 7.02. The predicted octanol–water partition coefficient (Wildman–Crippen LogP) is 4.52. The van der Waals surface area contributed by atoms with Crippen molar-refractivity contribution in [2.24, 2.45) is 0 Å². The van der Waals surface area contributed by atoms with Crippen molar-refractivity contribution in [3.05, 3.63) is 56.4 Å². The number of carbonyl (C=O) groups is 2. The first-order valence-corrected chi connectivity index (χ1v) is 10.1. The summed E-state index contributed by atoms with van der Waals surface area (Å²) in [6, 6.07) is 7.46. The maximum atomic E-state index is 13.5. The lowest BCUT2D eigenvalue weighted by molar-refractivity contribution is 0.0520. The monoisotopic (exact) mass is 456 g/mol. The number of nitrogens with one attached hydrogen (secondary N) is 2. The predicted molar refractivity (Wildman–Crippen MR) is 108 cm³/mol. The van der Waals surface area contributed by atoms with Crippen molar-refractivity contribution in [2.75, 3.05) is 6.54 Å². The molecule has 146 valence electrons. The van der Waals surface area contributed by atoms with Crippen molar-refractivity contribution in [3.8, 4) is 0 Å². The average Bonchev–Trinajstić information content (AvgIpc) is 2.98. The van der Waals surface area contributed by atoms with Gasteiger partial charge < -0.3 is 15.4 Å². The van der Waals surface area contributed by atoms with Crippen molar-refractivity contribution in [1.82, 2.24) is 10.6 Å². The minimum absolute atomic E-state index is 0.156. The Labute approximate surface area is 170 Å². The smallest absolute Gasteiger partial charge is 0.407 e. The van der Waals surface area contributed by atoms with Crippen LogP contribution in [0, 0.1) is 5.82 Å². The fraction of sp³-hybridized carbons (Fsp3) is 0.368. The number of alkyl carbamates (subject to hydrolysis) is 1. The third kappa shape index (κ3) is 7.68. The van der Waals surface area contributed by atoms with Crippen LogP contribution in [-0.4, -0.2) is 30.2 Å². The van der Waals surface area contributed by atoms with Crippen molar-refractivity contribution in [1.29, 1.82) is 0 Å². The van der Waals surface area contributed by atoms with E-state index in [0.717, 1.165) is 10.0 Å². The van der Waals surface area contributed by atoms with Gasteiger partial charge >= 0.3 is 6.09 Å². The molecule has 27 heavy (non-hydrogen) atoms. The van der Waals surface area contributed by atoms with Crippen LogP contribution in [0.25, 0.3) is 0 Å². The van der Waals surface area contributed by atoms with Crippen LogP contribution in [0.1, 0.15) is 36.0 Å². The molecule has 0 aliphatic rings. The van der Waals surface area contributed by atoms with Crippen LogP contribution in [0.15, 0.2) is 40.2 Å². The van der Waals surface area contributed by atoms with Crippen LogP contribution in [0.2, 0.25) is 0 Å². The Morgan fingerprint density at radius 3 is 2.63 bits per heavy atom. The van der Waals surface area contributed by atoms with Gasteiger partial charge in [-0.15, -0.1) is 11.3 Å². The molecule has 1 aromatic heterocycles. The highest BCUT2D eigenvalue weighted by molar-refractivity contribution is 9.10. The Kier molecular flexibility index (Phi) is 7.38. The lowest BCUT2D eigenvalue weighted by Gasteiger charge is -2.22. The van der Waals surface area contributed by atoms with Crippen LogP contribution < -0.4 is 10.6 Å². The molecule has 1 heterocycles. The Hall–Kier alpha value is -1.93. The average molecular weight is 457 g/mol. The molecular formula is C19H22BrFN2O3S. The van der Waals surface area contributed by atoms with Crippen molar-refractivity contribution >= 4 is 39.3 Å². The topological polar surface area (TPSA) is 67.4 Å². The molecule has 0 saturated heterocycles. The van der Waals surface area contributed by atoms with Crippen LogP contribution in [0.3, 0.4) is 0 Å². The van der Waals surface area contributed by atoms with E-state index in [1.807, 2.05) is 5.38 Å². The third-order valence-electron chi connectivity index (χ3n) is 3.39. The lowest BCUT2D eigenvalue weighted by Crippen LogP contribution is -2.46. The highest BCUT2D eigenvalue weighted by Crippen LogP contribution is 2.20. The van der Waals surface area contributed by atoms with Crippen molar-refractivity contribution in [3.63, 3.8) is 0 Å². The van der Waals surface area contributed by atoms with E-state index < -0.39 is 17.7 Å². The molecule has 1 atom stereocenters. The Morgan fingerprint density at radius 1 is 1.30 bits per heavy atom. The molecule has 0 bridgehead atoms. The fourth-order valence-electron chi connectivity index (χ4n) is 2.33. The summed E-state index contributed by atoms with van der Waals surface area (Å²) in [5.41, 5.74) is 0.105. The van der Waals surface area contributed by atoms with Gasteiger partial charge in [0.25, 0.3) is 5.91 Å². The second-order valence-corrected chi connectivity index (χ2v) is 8.84. The summed E-state index contributed by atoms with van der Waals surface area (Å²) in [4.78, 5) is 24.9. The molecule has 0 aliphatic carbocycles. The Balaban J connectivity index is 2.05. The summed E-state index contributed by atoms with van der Waals surface area (Å²) in [6.07, 6.45) is -0.203. The van der Waals surface area contributed by atoms with Crippen LogP contribution in [0.5, 0.6) is 0 Å². The van der Waals surface area contributed by atoms with Gasteiger partial charge in [-0.05, 0) is 66.9 Å². The van der Waals surface area contributed by atoms with Crippen molar-refractivity contribution < 1.29 is 18.7 Å². The van der Waals surface area contributed by atoms with E-state index in [9.17, 15) is 14.0 Å². The molecule has 2 aromatic rings. The Morgan fingerprint density at radius 2 is 2.04 bits per heavy atom. The minimum atomic E-state index is -0.616. The summed E-state index contributed by atoms with van der Waals surface area (Å²) in [5, 5.41) is 7.37. The third-order valence-corrected chi connectivity index (χ3v) is 5.08. The number of hydrogen-bond acceptors (Lipinski definition) is 4. The van der Waals surface area contributed by atoms with E-state index in [1.54, 1.807) is 39.0 Å². The minimum Gasteiger partial charge on any atom is -0.444 e. The van der Waals surface area contributed by atoms with Gasteiger partial charge in [0.2, 0.25) is 0 Å². The number of ether oxygens (including phenoxy) is 1. The van der Waals surface area contributed by atoms with Gasteiger partial charge in [0.15, 0.2) is 0 Å². The summed E-state index contributed by atoms with van der Waals surface area (Å²) in [7, 11) is 0. The molecule has 2 amide bonds. The number of carbonyl (C=O) groups excluding carboxylic acids is 2. The molecule has 0 saturated carbocycles. The lowest BCUT2D eigenvalue weighted by atomic mass is 10.1. The SMILES string of the molecule is CC(C)(C)OC(=O)NC[C@H](Cc1cccc(F)c1)NC(=O)c1cc(Br)cs1. The van der Waals surface area contributed by atoms with E-state index in [0.29, 0.717) is 11.3 Å². The van der Waals surface area contributed by atoms with Gasteiger partial charge in [-0.25, -0.2) is 9.18 Å². The molecule has 0 fully saturated rings. The van der Waals surface area contributed by atoms with Crippen LogP contribution in [-0.2, 0) is 11.2 Å². The first-order valence-electron chi connectivity index (χ1n) is 8.38. The molecule has 5 nitrogen and oxygen atoms in total. The molecule has 2 rings (SSSR count). The molecule has 0 unspecified atom stereocenters. The van der Waals surface area contributed by atoms with Crippen LogP contribution >= 0.6 is 27.3 Å². The standard InChI is InChI=1S/C19H22BrFN2O3S/c1-19(2,3)26-18(25)22-10-15(8-12-5-4-6-14(21)7-12)23-17(24)16-9-13(20)11-27-16/h4-7,9,11,15H,8,10H2,1-3H3,(H,22,25)(H,23,24)/t15-/m0/s1. The number of hydrogen-bond donors (Lipinski definition) is 2. The second kappa shape index (κ2) is 9.32. The molecule has 0 aliphatic heterocycles.